The first-order valence-corrected chi connectivity index (χ1v) is 11.6. The normalized spacial score (nSPS) is 19.3. The predicted octanol–water partition coefficient (Wildman–Crippen LogP) is 4.10. The lowest BCUT2D eigenvalue weighted by Crippen LogP contribution is -2.40. The maximum atomic E-state index is 13.0. The molecule has 3 heterocycles. The van der Waals surface area contributed by atoms with Crippen LogP contribution in [0.15, 0.2) is 36.5 Å². The molecule has 0 N–H and O–H groups in total. The van der Waals surface area contributed by atoms with Crippen molar-refractivity contribution < 1.29 is 9.59 Å². The Kier molecular flexibility index (Phi) is 6.95. The van der Waals surface area contributed by atoms with Crippen LogP contribution in [0.4, 0.5) is 0 Å². The fourth-order valence-corrected chi connectivity index (χ4v) is 4.66. The minimum atomic E-state index is -0.102. The Morgan fingerprint density at radius 3 is 2.48 bits per heavy atom. The lowest BCUT2D eigenvalue weighted by molar-refractivity contribution is -0.135. The van der Waals surface area contributed by atoms with Crippen LogP contribution in [0.2, 0.25) is 0 Å². The molecular weight excluding hydrogens is 388 g/mol. The summed E-state index contributed by atoms with van der Waals surface area (Å²) in [6, 6.07) is 10.0. The molecule has 2 amide bonds. The molecule has 164 valence electrons. The number of hydrogen-bond donors (Lipinski definition) is 0. The van der Waals surface area contributed by atoms with Crippen molar-refractivity contribution in [1.29, 1.82) is 0 Å². The van der Waals surface area contributed by atoms with Crippen molar-refractivity contribution in [2.45, 2.75) is 64.3 Å². The summed E-state index contributed by atoms with van der Waals surface area (Å²) in [7, 11) is 0. The molecule has 0 spiro atoms. The zero-order chi connectivity index (χ0) is 21.6. The molecule has 2 aliphatic rings. The van der Waals surface area contributed by atoms with E-state index in [9.17, 15) is 9.59 Å². The minimum absolute atomic E-state index is 0.0307. The van der Waals surface area contributed by atoms with E-state index >= 15 is 0 Å². The van der Waals surface area contributed by atoms with Gasteiger partial charge in [-0.25, -0.2) is 9.97 Å². The molecule has 1 aromatic carbocycles. The Labute approximate surface area is 184 Å². The number of hydrogen-bond acceptors (Lipinski definition) is 4. The largest absolute Gasteiger partial charge is 0.339 e. The third-order valence-electron chi connectivity index (χ3n) is 6.46. The van der Waals surface area contributed by atoms with Crippen molar-refractivity contribution in [3.05, 3.63) is 59.2 Å². The van der Waals surface area contributed by atoms with E-state index in [1.165, 1.54) is 12.0 Å². The Bertz CT molecular complexity index is 909. The highest BCUT2D eigenvalue weighted by Gasteiger charge is 2.30. The third kappa shape index (κ3) is 5.12. The molecule has 2 saturated heterocycles. The van der Waals surface area contributed by atoms with Crippen LogP contribution >= 0.6 is 0 Å². The topological polar surface area (TPSA) is 66.4 Å². The fraction of sp³-hybridized carbons (Fsp3) is 0.520. The van der Waals surface area contributed by atoms with E-state index in [0.717, 1.165) is 58.2 Å². The van der Waals surface area contributed by atoms with Crippen molar-refractivity contribution in [1.82, 2.24) is 19.8 Å². The first-order valence-electron chi connectivity index (χ1n) is 11.6. The average molecular weight is 421 g/mol. The van der Waals surface area contributed by atoms with Gasteiger partial charge >= 0.3 is 0 Å². The van der Waals surface area contributed by atoms with E-state index in [2.05, 4.69) is 17.1 Å². The molecule has 2 fully saturated rings. The molecule has 6 nitrogen and oxygen atoms in total. The second-order valence-electron chi connectivity index (χ2n) is 8.66. The number of amides is 2. The lowest BCUT2D eigenvalue weighted by atomic mass is 9.99. The molecule has 0 bridgehead atoms. The molecule has 2 aromatic rings. The van der Waals surface area contributed by atoms with E-state index < -0.39 is 0 Å². The van der Waals surface area contributed by atoms with Crippen LogP contribution in [0.3, 0.4) is 0 Å². The van der Waals surface area contributed by atoms with Crippen LogP contribution in [-0.4, -0.2) is 51.2 Å². The highest BCUT2D eigenvalue weighted by molar-refractivity contribution is 5.95. The van der Waals surface area contributed by atoms with Crippen molar-refractivity contribution in [2.24, 2.45) is 0 Å². The van der Waals surface area contributed by atoms with Crippen molar-refractivity contribution >= 4 is 11.8 Å². The van der Waals surface area contributed by atoms with Crippen LogP contribution in [0.1, 0.15) is 78.4 Å². The molecule has 2 aliphatic heterocycles. The quantitative estimate of drug-likeness (QED) is 0.730. The molecule has 4 rings (SSSR count). The summed E-state index contributed by atoms with van der Waals surface area (Å²) in [6.07, 6.45) is 9.16. The molecule has 0 aliphatic carbocycles. The molecule has 1 unspecified atom stereocenters. The number of carbonyl (C=O) groups excluding carboxylic acids is 2. The van der Waals surface area contributed by atoms with Gasteiger partial charge in [-0.3, -0.25) is 9.59 Å². The fourth-order valence-electron chi connectivity index (χ4n) is 4.66. The highest BCUT2D eigenvalue weighted by atomic mass is 16.2. The van der Waals surface area contributed by atoms with Gasteiger partial charge < -0.3 is 9.80 Å². The SMILES string of the molecule is Cc1nc(C2CCCCN2C(=O)CCc2ccccc2)ncc1C(=O)N1CCCCC1. The zero-order valence-electron chi connectivity index (χ0n) is 18.4. The summed E-state index contributed by atoms with van der Waals surface area (Å²) in [4.78, 5) is 39.1. The van der Waals surface area contributed by atoms with Crippen LogP contribution in [0.25, 0.3) is 0 Å². The monoisotopic (exact) mass is 420 g/mol. The van der Waals surface area contributed by atoms with Gasteiger partial charge in [-0.1, -0.05) is 30.3 Å². The van der Waals surface area contributed by atoms with E-state index in [1.807, 2.05) is 34.9 Å². The minimum Gasteiger partial charge on any atom is -0.339 e. The zero-order valence-corrected chi connectivity index (χ0v) is 18.4. The molecular formula is C25H32N4O2. The van der Waals surface area contributed by atoms with Gasteiger partial charge in [0, 0.05) is 32.3 Å². The molecule has 1 aromatic heterocycles. The average Bonchev–Trinajstić information content (AvgIpc) is 2.83. The van der Waals surface area contributed by atoms with Crippen molar-refractivity contribution in [3.63, 3.8) is 0 Å². The van der Waals surface area contributed by atoms with Crippen LogP contribution in [0.5, 0.6) is 0 Å². The summed E-state index contributed by atoms with van der Waals surface area (Å²) in [5, 5.41) is 0. The predicted molar refractivity (Wildman–Crippen MR) is 120 cm³/mol. The van der Waals surface area contributed by atoms with Crippen molar-refractivity contribution in [2.75, 3.05) is 19.6 Å². The number of carbonyl (C=O) groups is 2. The summed E-state index contributed by atoms with van der Waals surface area (Å²) >= 11 is 0. The number of likely N-dealkylation sites (tertiary alicyclic amines) is 2. The first kappa shape index (κ1) is 21.5. The third-order valence-corrected chi connectivity index (χ3v) is 6.46. The van der Waals surface area contributed by atoms with Crippen LogP contribution in [-0.2, 0) is 11.2 Å². The van der Waals surface area contributed by atoms with E-state index in [1.54, 1.807) is 6.20 Å². The molecule has 0 saturated carbocycles. The number of aryl methyl sites for hydroxylation is 2. The number of aromatic nitrogens is 2. The summed E-state index contributed by atoms with van der Waals surface area (Å²) < 4.78 is 0. The van der Waals surface area contributed by atoms with E-state index in [0.29, 0.717) is 23.5 Å². The number of rotatable bonds is 5. The Morgan fingerprint density at radius 1 is 1.00 bits per heavy atom. The molecule has 0 radical (unpaired) electrons. The Balaban J connectivity index is 1.46. The number of benzene rings is 1. The molecule has 1 atom stereocenters. The first-order chi connectivity index (χ1) is 15.1. The number of piperidine rings is 2. The van der Waals surface area contributed by atoms with E-state index in [4.69, 9.17) is 4.98 Å². The second-order valence-corrected chi connectivity index (χ2v) is 8.66. The summed E-state index contributed by atoms with van der Waals surface area (Å²) in [6.45, 7) is 4.25. The second kappa shape index (κ2) is 10.0. The van der Waals surface area contributed by atoms with Gasteiger partial charge in [-0.2, -0.15) is 0 Å². The Morgan fingerprint density at radius 2 is 1.74 bits per heavy atom. The smallest absolute Gasteiger partial charge is 0.257 e. The summed E-state index contributed by atoms with van der Waals surface area (Å²) in [5.41, 5.74) is 2.48. The van der Waals surface area contributed by atoms with Gasteiger partial charge in [-0.15, -0.1) is 0 Å². The molecule has 6 heteroatoms. The maximum absolute atomic E-state index is 13.0. The van der Waals surface area contributed by atoms with Crippen LogP contribution in [0, 0.1) is 6.92 Å². The van der Waals surface area contributed by atoms with Gasteiger partial charge in [0.05, 0.1) is 17.3 Å². The van der Waals surface area contributed by atoms with Gasteiger partial charge in [-0.05, 0) is 57.4 Å². The van der Waals surface area contributed by atoms with Crippen molar-refractivity contribution in [3.8, 4) is 0 Å². The van der Waals surface area contributed by atoms with Gasteiger partial charge in [0.1, 0.15) is 0 Å². The van der Waals surface area contributed by atoms with E-state index in [-0.39, 0.29) is 17.9 Å². The Hall–Kier alpha value is -2.76. The summed E-state index contributed by atoms with van der Waals surface area (Å²) in [5.74, 6) is 0.854. The van der Waals surface area contributed by atoms with Gasteiger partial charge in [0.2, 0.25) is 5.91 Å². The maximum Gasteiger partial charge on any atom is 0.257 e. The lowest BCUT2D eigenvalue weighted by Gasteiger charge is -2.35. The molecule has 31 heavy (non-hydrogen) atoms. The van der Waals surface area contributed by atoms with Gasteiger partial charge in [0.25, 0.3) is 5.91 Å². The standard InChI is InChI=1S/C25H32N4O2/c1-19-21(25(31)28-15-7-3-8-16-28)18-26-24(27-19)22-12-6-9-17-29(22)23(30)14-13-20-10-4-2-5-11-20/h2,4-5,10-11,18,22H,3,6-9,12-17H2,1H3. The van der Waals surface area contributed by atoms with Crippen LogP contribution < -0.4 is 0 Å². The highest BCUT2D eigenvalue weighted by Crippen LogP contribution is 2.30. The van der Waals surface area contributed by atoms with Gasteiger partial charge in [0.15, 0.2) is 5.82 Å². The number of nitrogens with zero attached hydrogens (tertiary/aromatic N) is 4.